The zero-order chi connectivity index (χ0) is 15.5. The quantitative estimate of drug-likeness (QED) is 0.930. The van der Waals surface area contributed by atoms with E-state index in [1.165, 1.54) is 0 Å². The largest absolute Gasteiger partial charge is 0.444 e. The fourth-order valence-corrected chi connectivity index (χ4v) is 2.63. The molecule has 1 N–H and O–H groups in total. The van der Waals surface area contributed by atoms with Crippen LogP contribution in [0.5, 0.6) is 0 Å². The van der Waals surface area contributed by atoms with E-state index in [1.807, 2.05) is 45.0 Å². The van der Waals surface area contributed by atoms with Crippen molar-refractivity contribution in [2.24, 2.45) is 0 Å². The third-order valence-electron chi connectivity index (χ3n) is 3.35. The van der Waals surface area contributed by atoms with E-state index in [0.717, 1.165) is 36.6 Å². The first-order chi connectivity index (χ1) is 9.83. The summed E-state index contributed by atoms with van der Waals surface area (Å²) in [6.07, 6.45) is 0.594. The van der Waals surface area contributed by atoms with E-state index in [4.69, 9.17) is 16.3 Å². The Balaban J connectivity index is 1.81. The monoisotopic (exact) mass is 310 g/mol. The number of ether oxygens (including phenoxy) is 1. The van der Waals surface area contributed by atoms with Crippen molar-refractivity contribution in [3.05, 3.63) is 34.9 Å². The highest BCUT2D eigenvalue weighted by Crippen LogP contribution is 2.20. The lowest BCUT2D eigenvalue weighted by molar-refractivity contribution is 0.0506. The third-order valence-corrected chi connectivity index (χ3v) is 3.71. The van der Waals surface area contributed by atoms with Crippen molar-refractivity contribution in [3.63, 3.8) is 0 Å². The average Bonchev–Trinajstić information content (AvgIpc) is 2.77. The van der Waals surface area contributed by atoms with Crippen molar-refractivity contribution in [1.82, 2.24) is 10.2 Å². The third kappa shape index (κ3) is 5.21. The predicted molar refractivity (Wildman–Crippen MR) is 84.5 cm³/mol. The second kappa shape index (κ2) is 6.67. The van der Waals surface area contributed by atoms with Crippen molar-refractivity contribution in [2.75, 3.05) is 13.1 Å². The summed E-state index contributed by atoms with van der Waals surface area (Å²) in [4.78, 5) is 14.1. The van der Waals surface area contributed by atoms with Gasteiger partial charge in [-0.1, -0.05) is 29.8 Å². The topological polar surface area (TPSA) is 41.6 Å². The summed E-state index contributed by atoms with van der Waals surface area (Å²) >= 11 is 6.18. The molecular weight excluding hydrogens is 288 g/mol. The highest BCUT2D eigenvalue weighted by molar-refractivity contribution is 6.31. The van der Waals surface area contributed by atoms with Crippen molar-refractivity contribution >= 4 is 17.7 Å². The molecule has 1 aromatic rings. The van der Waals surface area contributed by atoms with Gasteiger partial charge in [0.2, 0.25) is 0 Å². The van der Waals surface area contributed by atoms with Crippen LogP contribution in [-0.2, 0) is 11.3 Å². The summed E-state index contributed by atoms with van der Waals surface area (Å²) in [5.74, 6) is 0. The number of hydrogen-bond acceptors (Lipinski definition) is 3. The van der Waals surface area contributed by atoms with Gasteiger partial charge in [-0.05, 0) is 38.8 Å². The van der Waals surface area contributed by atoms with Crippen molar-refractivity contribution in [1.29, 1.82) is 0 Å². The van der Waals surface area contributed by atoms with Gasteiger partial charge in [-0.3, -0.25) is 4.90 Å². The fraction of sp³-hybridized carbons (Fsp3) is 0.562. The van der Waals surface area contributed by atoms with E-state index in [0.29, 0.717) is 0 Å². The molecule has 21 heavy (non-hydrogen) atoms. The molecule has 0 radical (unpaired) electrons. The normalized spacial score (nSPS) is 19.5. The number of carbonyl (C=O) groups excluding carboxylic acids is 1. The van der Waals surface area contributed by atoms with E-state index in [2.05, 4.69) is 10.2 Å². The SMILES string of the molecule is CC(C)(C)OC(=O)N[C@H]1CCN(Cc2ccccc2Cl)C1. The van der Waals surface area contributed by atoms with Gasteiger partial charge in [0, 0.05) is 30.7 Å². The lowest BCUT2D eigenvalue weighted by atomic mass is 10.2. The maximum Gasteiger partial charge on any atom is 0.407 e. The van der Waals surface area contributed by atoms with Crippen LogP contribution in [-0.4, -0.2) is 35.7 Å². The highest BCUT2D eigenvalue weighted by atomic mass is 35.5. The van der Waals surface area contributed by atoms with Crippen molar-refractivity contribution in [3.8, 4) is 0 Å². The van der Waals surface area contributed by atoms with Crippen LogP contribution in [0.4, 0.5) is 4.79 Å². The Bertz CT molecular complexity index is 499. The number of nitrogens with one attached hydrogen (secondary N) is 1. The highest BCUT2D eigenvalue weighted by Gasteiger charge is 2.26. The number of rotatable bonds is 3. The summed E-state index contributed by atoms with van der Waals surface area (Å²) in [5, 5.41) is 3.72. The van der Waals surface area contributed by atoms with E-state index in [1.54, 1.807) is 0 Å². The van der Waals surface area contributed by atoms with Crippen LogP contribution < -0.4 is 5.32 Å². The van der Waals surface area contributed by atoms with Crippen LogP contribution in [0.2, 0.25) is 5.02 Å². The van der Waals surface area contributed by atoms with Gasteiger partial charge in [0.1, 0.15) is 5.60 Å². The number of hydrogen-bond donors (Lipinski definition) is 1. The Morgan fingerprint density at radius 2 is 2.14 bits per heavy atom. The number of halogens is 1. The van der Waals surface area contributed by atoms with E-state index < -0.39 is 5.60 Å². The summed E-state index contributed by atoms with van der Waals surface area (Å²) in [6, 6.07) is 8.01. The lowest BCUT2D eigenvalue weighted by Gasteiger charge is -2.22. The number of alkyl carbamates (subject to hydrolysis) is 1. The Morgan fingerprint density at radius 1 is 1.43 bits per heavy atom. The molecule has 1 saturated heterocycles. The minimum atomic E-state index is -0.458. The molecule has 2 rings (SSSR count). The van der Waals surface area contributed by atoms with Crippen LogP contribution in [0.3, 0.4) is 0 Å². The fourth-order valence-electron chi connectivity index (χ4n) is 2.44. The molecule has 1 fully saturated rings. The summed E-state index contributed by atoms with van der Waals surface area (Å²) in [7, 11) is 0. The molecular formula is C16H23ClN2O2. The van der Waals surface area contributed by atoms with Gasteiger partial charge < -0.3 is 10.1 Å². The smallest absolute Gasteiger partial charge is 0.407 e. The molecule has 0 aliphatic carbocycles. The molecule has 5 heteroatoms. The van der Waals surface area contributed by atoms with Crippen molar-refractivity contribution in [2.45, 2.75) is 45.4 Å². The molecule has 0 bridgehead atoms. The molecule has 116 valence electrons. The average molecular weight is 311 g/mol. The first-order valence-electron chi connectivity index (χ1n) is 7.29. The van der Waals surface area contributed by atoms with Crippen molar-refractivity contribution < 1.29 is 9.53 Å². The standard InChI is InChI=1S/C16H23ClN2O2/c1-16(2,3)21-15(20)18-13-8-9-19(11-13)10-12-6-4-5-7-14(12)17/h4-7,13H,8-11H2,1-3H3,(H,18,20)/t13-/m0/s1. The van der Waals surface area contributed by atoms with Gasteiger partial charge in [0.15, 0.2) is 0 Å². The van der Waals surface area contributed by atoms with Crippen LogP contribution in [0.15, 0.2) is 24.3 Å². The molecule has 0 aromatic heterocycles. The van der Waals surface area contributed by atoms with Gasteiger partial charge in [-0.25, -0.2) is 4.79 Å². The summed E-state index contributed by atoms with van der Waals surface area (Å²) in [6.45, 7) is 8.18. The molecule has 1 aliphatic heterocycles. The van der Waals surface area contributed by atoms with Gasteiger partial charge in [-0.2, -0.15) is 0 Å². The summed E-state index contributed by atoms with van der Waals surface area (Å²) in [5.41, 5.74) is 0.664. The van der Waals surface area contributed by atoms with Crippen LogP contribution in [0.1, 0.15) is 32.8 Å². The molecule has 4 nitrogen and oxygen atoms in total. The van der Waals surface area contributed by atoms with Gasteiger partial charge in [0.25, 0.3) is 0 Å². The Hall–Kier alpha value is -1.26. The molecule has 1 aliphatic rings. The zero-order valence-electron chi connectivity index (χ0n) is 12.9. The molecule has 0 spiro atoms. The second-order valence-electron chi connectivity index (χ2n) is 6.46. The number of nitrogens with zero attached hydrogens (tertiary/aromatic N) is 1. The van der Waals surface area contributed by atoms with Crippen LogP contribution >= 0.6 is 11.6 Å². The Labute approximate surface area is 131 Å². The van der Waals surface area contributed by atoms with E-state index in [9.17, 15) is 4.79 Å². The van der Waals surface area contributed by atoms with Gasteiger partial charge >= 0.3 is 6.09 Å². The minimum absolute atomic E-state index is 0.141. The number of carbonyl (C=O) groups is 1. The lowest BCUT2D eigenvalue weighted by Crippen LogP contribution is -2.40. The summed E-state index contributed by atoms with van der Waals surface area (Å²) < 4.78 is 5.28. The van der Waals surface area contributed by atoms with Crippen LogP contribution in [0, 0.1) is 0 Å². The number of benzene rings is 1. The molecule has 1 amide bonds. The maximum absolute atomic E-state index is 11.8. The first-order valence-corrected chi connectivity index (χ1v) is 7.66. The molecule has 1 atom stereocenters. The van der Waals surface area contributed by atoms with Gasteiger partial charge in [-0.15, -0.1) is 0 Å². The van der Waals surface area contributed by atoms with E-state index >= 15 is 0 Å². The first kappa shape index (κ1) is 16.1. The van der Waals surface area contributed by atoms with Crippen LogP contribution in [0.25, 0.3) is 0 Å². The van der Waals surface area contributed by atoms with E-state index in [-0.39, 0.29) is 12.1 Å². The minimum Gasteiger partial charge on any atom is -0.444 e. The molecule has 0 saturated carbocycles. The van der Waals surface area contributed by atoms with Gasteiger partial charge in [0.05, 0.1) is 0 Å². The predicted octanol–water partition coefficient (Wildman–Crippen LogP) is 3.44. The second-order valence-corrected chi connectivity index (χ2v) is 6.87. The Kier molecular flexibility index (Phi) is 5.12. The number of likely N-dealkylation sites (tertiary alicyclic amines) is 1. The Morgan fingerprint density at radius 3 is 2.81 bits per heavy atom. The zero-order valence-corrected chi connectivity index (χ0v) is 13.6. The molecule has 1 heterocycles. The molecule has 0 unspecified atom stereocenters. The molecule has 1 aromatic carbocycles. The number of amides is 1. The maximum atomic E-state index is 11.8.